The Morgan fingerprint density at radius 1 is 1.00 bits per heavy atom. The van der Waals surface area contributed by atoms with E-state index >= 15 is 0 Å². The largest absolute Gasteiger partial charge is 0.488 e. The number of aromatic nitrogens is 5. The first-order valence-corrected chi connectivity index (χ1v) is 11.3. The van der Waals surface area contributed by atoms with Crippen LogP contribution in [0.15, 0.2) is 46.5 Å². The van der Waals surface area contributed by atoms with Gasteiger partial charge in [0.05, 0.1) is 35.4 Å². The Balaban J connectivity index is 1.55. The molecule has 1 aromatic carbocycles. The van der Waals surface area contributed by atoms with Crippen LogP contribution in [0.25, 0.3) is 22.2 Å². The van der Waals surface area contributed by atoms with Crippen molar-refractivity contribution in [1.29, 1.82) is 0 Å². The maximum absolute atomic E-state index is 14.9. The Kier molecular flexibility index (Phi) is 7.88. The van der Waals surface area contributed by atoms with Crippen molar-refractivity contribution >= 4 is 10.8 Å². The quantitative estimate of drug-likeness (QED) is 0.298. The standard InChI is InChI=1S/C24H17F8N5O3/c1-10(40-18-7-35-36-22(38)19(18)24(30,31)32)2-12(25)8-37-9-17(27)13-3-15(16(26)4-14(13)23(37)39)21-33-5-11(6-34-21)20(28)29/h3-7,9-10,12,20H,2,8H2,1H3,(H,36,38)/t10-,12+/m0/s1. The number of rotatable bonds is 8. The van der Waals surface area contributed by atoms with Gasteiger partial charge in [0.2, 0.25) is 0 Å². The third-order valence-corrected chi connectivity index (χ3v) is 5.71. The zero-order valence-electron chi connectivity index (χ0n) is 20.1. The highest BCUT2D eigenvalue weighted by molar-refractivity contribution is 5.86. The Morgan fingerprint density at radius 3 is 2.30 bits per heavy atom. The number of aromatic amines is 1. The molecule has 0 radical (unpaired) electrons. The molecule has 0 saturated heterocycles. The molecule has 3 heterocycles. The average Bonchev–Trinajstić information content (AvgIpc) is 2.86. The van der Waals surface area contributed by atoms with Gasteiger partial charge in [-0.3, -0.25) is 9.59 Å². The third kappa shape index (κ3) is 5.94. The number of fused-ring (bicyclic) bond motifs is 1. The number of nitrogens with zero attached hydrogens (tertiary/aromatic N) is 4. The second-order valence-corrected chi connectivity index (χ2v) is 8.65. The van der Waals surface area contributed by atoms with Gasteiger partial charge in [-0.25, -0.2) is 37.0 Å². The summed E-state index contributed by atoms with van der Waals surface area (Å²) in [7, 11) is 0. The van der Waals surface area contributed by atoms with Crippen molar-refractivity contribution in [3.63, 3.8) is 0 Å². The van der Waals surface area contributed by atoms with Crippen LogP contribution in [0.1, 0.15) is 30.9 Å². The molecule has 0 spiro atoms. The maximum Gasteiger partial charge on any atom is 0.425 e. The first-order valence-electron chi connectivity index (χ1n) is 11.3. The van der Waals surface area contributed by atoms with Crippen molar-refractivity contribution in [3.8, 4) is 17.1 Å². The lowest BCUT2D eigenvalue weighted by Gasteiger charge is -2.19. The molecule has 0 aliphatic heterocycles. The van der Waals surface area contributed by atoms with Crippen LogP contribution in [0.4, 0.5) is 35.1 Å². The molecule has 2 atom stereocenters. The van der Waals surface area contributed by atoms with Gasteiger partial charge in [-0.05, 0) is 19.1 Å². The smallest absolute Gasteiger partial charge is 0.425 e. The van der Waals surface area contributed by atoms with E-state index in [9.17, 15) is 44.7 Å². The van der Waals surface area contributed by atoms with Crippen LogP contribution in [0.2, 0.25) is 0 Å². The van der Waals surface area contributed by atoms with E-state index in [0.29, 0.717) is 23.0 Å². The van der Waals surface area contributed by atoms with Crippen LogP contribution in [0.5, 0.6) is 5.75 Å². The van der Waals surface area contributed by atoms with Gasteiger partial charge in [0.15, 0.2) is 17.1 Å². The van der Waals surface area contributed by atoms with Crippen molar-refractivity contribution in [3.05, 3.63) is 80.4 Å². The Hall–Kier alpha value is -4.37. The number of alkyl halides is 6. The van der Waals surface area contributed by atoms with Crippen LogP contribution in [0.3, 0.4) is 0 Å². The van der Waals surface area contributed by atoms with E-state index in [4.69, 9.17) is 4.74 Å². The topological polar surface area (TPSA) is 103 Å². The van der Waals surface area contributed by atoms with E-state index in [1.54, 1.807) is 5.10 Å². The highest BCUT2D eigenvalue weighted by atomic mass is 19.4. The molecule has 0 unspecified atom stereocenters. The number of nitrogens with one attached hydrogen (secondary N) is 1. The van der Waals surface area contributed by atoms with E-state index in [2.05, 4.69) is 15.1 Å². The van der Waals surface area contributed by atoms with E-state index in [-0.39, 0.29) is 16.8 Å². The van der Waals surface area contributed by atoms with Gasteiger partial charge in [0.25, 0.3) is 17.5 Å². The molecular formula is C24H17F8N5O3. The second-order valence-electron chi connectivity index (χ2n) is 8.65. The molecule has 4 aromatic rings. The number of hydrogen-bond acceptors (Lipinski definition) is 6. The van der Waals surface area contributed by atoms with Crippen LogP contribution in [0, 0.1) is 11.6 Å². The number of halogens is 8. The van der Waals surface area contributed by atoms with Gasteiger partial charge in [-0.15, -0.1) is 0 Å². The van der Waals surface area contributed by atoms with Gasteiger partial charge in [-0.2, -0.15) is 18.3 Å². The number of ether oxygens (including phenoxy) is 1. The highest BCUT2D eigenvalue weighted by Gasteiger charge is 2.38. The minimum atomic E-state index is -5.08. The predicted octanol–water partition coefficient (Wildman–Crippen LogP) is 4.97. The molecule has 212 valence electrons. The summed E-state index contributed by atoms with van der Waals surface area (Å²) in [6, 6.07) is 1.59. The molecule has 16 heteroatoms. The van der Waals surface area contributed by atoms with Crippen molar-refractivity contribution in [2.24, 2.45) is 0 Å². The number of benzene rings is 1. The first-order chi connectivity index (χ1) is 18.8. The van der Waals surface area contributed by atoms with E-state index < -0.39 is 82.9 Å². The zero-order valence-corrected chi connectivity index (χ0v) is 20.1. The van der Waals surface area contributed by atoms with Gasteiger partial charge in [-0.1, -0.05) is 0 Å². The number of H-pyrrole nitrogens is 1. The molecule has 0 saturated carbocycles. The van der Waals surface area contributed by atoms with E-state index in [1.165, 1.54) is 6.92 Å². The summed E-state index contributed by atoms with van der Waals surface area (Å²) in [5.74, 6) is -3.39. The summed E-state index contributed by atoms with van der Waals surface area (Å²) < 4.78 is 115. The summed E-state index contributed by atoms with van der Waals surface area (Å²) >= 11 is 0. The Bertz CT molecular complexity index is 1650. The van der Waals surface area contributed by atoms with Gasteiger partial charge in [0.1, 0.15) is 17.8 Å². The normalized spacial score (nSPS) is 13.6. The Morgan fingerprint density at radius 2 is 1.68 bits per heavy atom. The first kappa shape index (κ1) is 28.6. The highest BCUT2D eigenvalue weighted by Crippen LogP contribution is 2.33. The average molecular weight is 575 g/mol. The van der Waals surface area contributed by atoms with E-state index in [1.807, 2.05) is 0 Å². The number of hydrogen-bond donors (Lipinski definition) is 1. The van der Waals surface area contributed by atoms with E-state index in [0.717, 1.165) is 18.5 Å². The lowest BCUT2D eigenvalue weighted by atomic mass is 10.1. The molecule has 0 amide bonds. The summed E-state index contributed by atoms with van der Waals surface area (Å²) in [5.41, 5.74) is -5.08. The molecule has 40 heavy (non-hydrogen) atoms. The lowest BCUT2D eigenvalue weighted by molar-refractivity contribution is -0.140. The molecular weight excluding hydrogens is 558 g/mol. The van der Waals surface area contributed by atoms with Crippen LogP contribution in [-0.4, -0.2) is 37.0 Å². The van der Waals surface area contributed by atoms with Crippen LogP contribution >= 0.6 is 0 Å². The molecule has 0 fully saturated rings. The van der Waals surface area contributed by atoms with Crippen LogP contribution < -0.4 is 15.9 Å². The van der Waals surface area contributed by atoms with Gasteiger partial charge < -0.3 is 9.30 Å². The maximum atomic E-state index is 14.9. The van der Waals surface area contributed by atoms with Crippen molar-refractivity contribution in [2.75, 3.05) is 0 Å². The monoisotopic (exact) mass is 575 g/mol. The minimum Gasteiger partial charge on any atom is -0.488 e. The SMILES string of the molecule is C[C@@H](C[C@@H](F)Cn1cc(F)c2cc(-c3ncc(C(F)F)cn3)c(F)cc2c1=O)Oc1cn[nH]c(=O)c1C(F)(F)F. The lowest BCUT2D eigenvalue weighted by Crippen LogP contribution is -2.29. The molecule has 3 aromatic heterocycles. The summed E-state index contributed by atoms with van der Waals surface area (Å²) in [4.78, 5) is 31.7. The zero-order chi connectivity index (χ0) is 29.4. The Labute approximate surface area is 218 Å². The molecule has 0 aliphatic rings. The van der Waals surface area contributed by atoms with Gasteiger partial charge >= 0.3 is 6.18 Å². The second kappa shape index (κ2) is 11.0. The summed E-state index contributed by atoms with van der Waals surface area (Å²) in [5, 5.41) is 4.03. The van der Waals surface area contributed by atoms with Crippen molar-refractivity contribution in [1.82, 2.24) is 24.7 Å². The summed E-state index contributed by atoms with van der Waals surface area (Å²) in [6.45, 7) is 0.450. The predicted molar refractivity (Wildman–Crippen MR) is 124 cm³/mol. The van der Waals surface area contributed by atoms with Gasteiger partial charge in [0, 0.05) is 30.4 Å². The fourth-order valence-corrected chi connectivity index (χ4v) is 3.92. The molecule has 1 N–H and O–H groups in total. The summed E-state index contributed by atoms with van der Waals surface area (Å²) in [6.07, 6.45) is -8.89. The molecule has 8 nitrogen and oxygen atoms in total. The minimum absolute atomic E-state index is 0.338. The van der Waals surface area contributed by atoms with Crippen LogP contribution in [-0.2, 0) is 12.7 Å². The fourth-order valence-electron chi connectivity index (χ4n) is 3.92. The third-order valence-electron chi connectivity index (χ3n) is 5.71. The van der Waals surface area contributed by atoms with Crippen molar-refractivity contribution in [2.45, 2.75) is 44.8 Å². The molecule has 0 bridgehead atoms. The fraction of sp³-hybridized carbons (Fsp3) is 0.292. The molecule has 4 rings (SSSR count). The number of pyridine rings is 1. The molecule has 0 aliphatic carbocycles. The van der Waals surface area contributed by atoms with Crippen molar-refractivity contribution < 1.29 is 39.9 Å².